The van der Waals surface area contributed by atoms with E-state index >= 15 is 0 Å². The van der Waals surface area contributed by atoms with Gasteiger partial charge in [-0.05, 0) is 18.8 Å². The normalized spacial score (nSPS) is 10.8. The molecule has 1 aromatic rings. The van der Waals surface area contributed by atoms with Crippen LogP contribution >= 0.6 is 0 Å². The Kier molecular flexibility index (Phi) is 5.05. The first kappa shape index (κ1) is 12.8. The molecule has 0 radical (unpaired) electrons. The molecule has 0 aromatic carbocycles. The number of rotatable bonds is 6. The molecule has 0 aliphatic rings. The van der Waals surface area contributed by atoms with Crippen LogP contribution in [0.3, 0.4) is 0 Å². The highest BCUT2D eigenvalue weighted by Crippen LogP contribution is 2.08. The molecule has 16 heavy (non-hydrogen) atoms. The van der Waals surface area contributed by atoms with Gasteiger partial charge < -0.3 is 14.3 Å². The Hall–Kier alpha value is -1.29. The third-order valence-corrected chi connectivity index (χ3v) is 2.19. The Morgan fingerprint density at radius 2 is 2.25 bits per heavy atom. The van der Waals surface area contributed by atoms with Crippen LogP contribution in [0.4, 0.5) is 0 Å². The minimum absolute atomic E-state index is 0.209. The zero-order valence-electron chi connectivity index (χ0n) is 9.73. The maximum atomic E-state index is 11.4. The fourth-order valence-corrected chi connectivity index (χ4v) is 1.30. The van der Waals surface area contributed by atoms with E-state index in [2.05, 4.69) is 13.8 Å². The third-order valence-electron chi connectivity index (χ3n) is 2.19. The van der Waals surface area contributed by atoms with E-state index in [9.17, 15) is 4.79 Å². The van der Waals surface area contributed by atoms with E-state index in [0.29, 0.717) is 12.5 Å². The van der Waals surface area contributed by atoms with Gasteiger partial charge in [-0.2, -0.15) is 0 Å². The lowest BCUT2D eigenvalue weighted by molar-refractivity contribution is 0.236. The second-order valence-electron chi connectivity index (χ2n) is 4.12. The minimum Gasteiger partial charge on any atom is -0.487 e. The van der Waals surface area contributed by atoms with Crippen molar-refractivity contribution in [2.75, 3.05) is 6.61 Å². The average molecular weight is 226 g/mol. The van der Waals surface area contributed by atoms with Crippen molar-refractivity contribution in [3.05, 3.63) is 28.3 Å². The summed E-state index contributed by atoms with van der Waals surface area (Å²) in [6.45, 7) is 4.53. The van der Waals surface area contributed by atoms with E-state index in [4.69, 9.17) is 14.3 Å². The molecule has 0 spiro atoms. The van der Waals surface area contributed by atoms with Crippen molar-refractivity contribution in [2.24, 2.45) is 5.92 Å². The van der Waals surface area contributed by atoms with Crippen LogP contribution in [0.5, 0.6) is 5.75 Å². The second kappa shape index (κ2) is 6.33. The Morgan fingerprint density at radius 1 is 1.50 bits per heavy atom. The van der Waals surface area contributed by atoms with Gasteiger partial charge in [0.2, 0.25) is 11.2 Å². The summed E-state index contributed by atoms with van der Waals surface area (Å²) in [6, 6.07) is 1.25. The summed E-state index contributed by atoms with van der Waals surface area (Å²) in [6.07, 6.45) is 3.24. The Morgan fingerprint density at radius 3 is 2.81 bits per heavy atom. The lowest BCUT2D eigenvalue weighted by atomic mass is 10.1. The molecule has 0 aliphatic heterocycles. The summed E-state index contributed by atoms with van der Waals surface area (Å²) in [5, 5.41) is 8.75. The van der Waals surface area contributed by atoms with Gasteiger partial charge in [0, 0.05) is 6.07 Å². The van der Waals surface area contributed by atoms with E-state index in [1.54, 1.807) is 0 Å². The van der Waals surface area contributed by atoms with Crippen molar-refractivity contribution >= 4 is 0 Å². The van der Waals surface area contributed by atoms with Crippen LogP contribution in [0.15, 0.2) is 21.5 Å². The summed E-state index contributed by atoms with van der Waals surface area (Å²) in [7, 11) is 0. The summed E-state index contributed by atoms with van der Waals surface area (Å²) in [5.74, 6) is 1.09. The van der Waals surface area contributed by atoms with Gasteiger partial charge in [-0.1, -0.05) is 13.8 Å². The monoisotopic (exact) mass is 226 g/mol. The molecule has 0 amide bonds. The molecule has 0 fully saturated rings. The first-order chi connectivity index (χ1) is 7.63. The maximum absolute atomic E-state index is 11.4. The van der Waals surface area contributed by atoms with E-state index < -0.39 is 0 Å². The number of ether oxygens (including phenoxy) is 1. The molecule has 0 atom stereocenters. The fourth-order valence-electron chi connectivity index (χ4n) is 1.30. The molecule has 0 aliphatic carbocycles. The summed E-state index contributed by atoms with van der Waals surface area (Å²) in [5.41, 5.74) is -0.250. The lowest BCUT2D eigenvalue weighted by Crippen LogP contribution is -2.09. The predicted molar refractivity (Wildman–Crippen MR) is 60.5 cm³/mol. The van der Waals surface area contributed by atoms with Crippen LogP contribution in [0.1, 0.15) is 32.4 Å². The maximum Gasteiger partial charge on any atom is 0.227 e. The quantitative estimate of drug-likeness (QED) is 0.753. The van der Waals surface area contributed by atoms with Crippen LogP contribution < -0.4 is 10.2 Å². The van der Waals surface area contributed by atoms with Crippen molar-refractivity contribution in [2.45, 2.75) is 33.3 Å². The Labute approximate surface area is 94.9 Å². The summed E-state index contributed by atoms with van der Waals surface area (Å²) >= 11 is 0. The molecule has 90 valence electrons. The van der Waals surface area contributed by atoms with E-state index in [-0.39, 0.29) is 23.5 Å². The van der Waals surface area contributed by atoms with Gasteiger partial charge in [0.25, 0.3) is 0 Å². The second-order valence-corrected chi connectivity index (χ2v) is 4.12. The predicted octanol–water partition coefficient (Wildman–Crippen LogP) is 1.95. The zero-order valence-corrected chi connectivity index (χ0v) is 9.73. The van der Waals surface area contributed by atoms with Crippen LogP contribution in [0.2, 0.25) is 0 Å². The molecule has 1 N–H and O–H groups in total. The topological polar surface area (TPSA) is 59.7 Å². The smallest absolute Gasteiger partial charge is 0.227 e. The first-order valence-corrected chi connectivity index (χ1v) is 5.49. The molecular formula is C12H18O4. The number of aliphatic hydroxyl groups excluding tert-OH is 1. The van der Waals surface area contributed by atoms with E-state index in [1.807, 2.05) is 0 Å². The number of hydrogen-bond acceptors (Lipinski definition) is 4. The van der Waals surface area contributed by atoms with Crippen LogP contribution in [0.25, 0.3) is 0 Å². The highest BCUT2D eigenvalue weighted by atomic mass is 16.5. The van der Waals surface area contributed by atoms with Gasteiger partial charge in [-0.25, -0.2) is 0 Å². The zero-order chi connectivity index (χ0) is 12.0. The van der Waals surface area contributed by atoms with Crippen LogP contribution in [0, 0.1) is 5.92 Å². The van der Waals surface area contributed by atoms with Crippen molar-refractivity contribution in [3.63, 3.8) is 0 Å². The summed E-state index contributed by atoms with van der Waals surface area (Å²) < 4.78 is 10.3. The molecule has 1 rings (SSSR count). The molecule has 0 bridgehead atoms. The van der Waals surface area contributed by atoms with Crippen molar-refractivity contribution in [1.82, 2.24) is 0 Å². The molecule has 1 heterocycles. The SMILES string of the molecule is CC(C)CCCOc1coc(CO)cc1=O. The molecule has 0 saturated carbocycles. The summed E-state index contributed by atoms with van der Waals surface area (Å²) in [4.78, 5) is 11.4. The van der Waals surface area contributed by atoms with Gasteiger partial charge in [0.05, 0.1) is 6.61 Å². The van der Waals surface area contributed by atoms with Crippen molar-refractivity contribution in [3.8, 4) is 5.75 Å². The highest BCUT2D eigenvalue weighted by Gasteiger charge is 2.04. The largest absolute Gasteiger partial charge is 0.487 e. The number of hydrogen-bond donors (Lipinski definition) is 1. The molecule has 0 unspecified atom stereocenters. The third kappa shape index (κ3) is 4.06. The average Bonchev–Trinajstić information content (AvgIpc) is 2.25. The van der Waals surface area contributed by atoms with Crippen molar-refractivity contribution < 1.29 is 14.3 Å². The van der Waals surface area contributed by atoms with Gasteiger partial charge in [0.1, 0.15) is 18.6 Å². The van der Waals surface area contributed by atoms with E-state index in [1.165, 1.54) is 12.3 Å². The van der Waals surface area contributed by atoms with Gasteiger partial charge in [0.15, 0.2) is 0 Å². The molecule has 0 saturated heterocycles. The Balaban J connectivity index is 2.45. The molecule has 4 nitrogen and oxygen atoms in total. The molecular weight excluding hydrogens is 208 g/mol. The molecule has 4 heteroatoms. The highest BCUT2D eigenvalue weighted by molar-refractivity contribution is 5.17. The standard InChI is InChI=1S/C12H18O4/c1-9(2)4-3-5-15-12-8-16-10(7-13)6-11(12)14/h6,8-9,13H,3-5,7H2,1-2H3. The first-order valence-electron chi connectivity index (χ1n) is 5.49. The van der Waals surface area contributed by atoms with Crippen LogP contribution in [-0.2, 0) is 6.61 Å². The lowest BCUT2D eigenvalue weighted by Gasteiger charge is -2.06. The van der Waals surface area contributed by atoms with E-state index in [0.717, 1.165) is 12.8 Å². The fraction of sp³-hybridized carbons (Fsp3) is 0.583. The van der Waals surface area contributed by atoms with Crippen molar-refractivity contribution in [1.29, 1.82) is 0 Å². The number of aliphatic hydroxyl groups is 1. The van der Waals surface area contributed by atoms with Gasteiger partial charge >= 0.3 is 0 Å². The minimum atomic E-state index is -0.275. The Bertz CT molecular complexity index is 368. The van der Waals surface area contributed by atoms with Gasteiger partial charge in [-0.3, -0.25) is 4.79 Å². The van der Waals surface area contributed by atoms with Gasteiger partial charge in [-0.15, -0.1) is 0 Å². The van der Waals surface area contributed by atoms with Crippen LogP contribution in [-0.4, -0.2) is 11.7 Å². The molecule has 1 aromatic heterocycles.